The average molecular weight is 223 g/mol. The highest BCUT2D eigenvalue weighted by molar-refractivity contribution is 5.27. The molecule has 16 heavy (non-hydrogen) atoms. The van der Waals surface area contributed by atoms with E-state index in [9.17, 15) is 0 Å². The van der Waals surface area contributed by atoms with E-state index >= 15 is 0 Å². The standard InChI is InChI=1S/C13H21NO2/c1-10(2)16-13-5-3-11(4-6-13)7-12(8-14)9-15/h3-6,10,12,15H,7-9,14H2,1-2H3. The van der Waals surface area contributed by atoms with E-state index in [1.807, 2.05) is 38.1 Å². The molecule has 0 spiro atoms. The Morgan fingerprint density at radius 3 is 2.31 bits per heavy atom. The SMILES string of the molecule is CC(C)Oc1ccc(CC(CN)CO)cc1. The number of nitrogens with two attached hydrogens (primary N) is 1. The molecular weight excluding hydrogens is 202 g/mol. The van der Waals surface area contributed by atoms with Gasteiger partial charge in [0.05, 0.1) is 6.10 Å². The maximum absolute atomic E-state index is 9.06. The quantitative estimate of drug-likeness (QED) is 0.770. The van der Waals surface area contributed by atoms with Crippen LogP contribution in [0, 0.1) is 5.92 Å². The zero-order valence-electron chi connectivity index (χ0n) is 10.0. The fourth-order valence-electron chi connectivity index (χ4n) is 1.53. The number of hydrogen-bond acceptors (Lipinski definition) is 3. The highest BCUT2D eigenvalue weighted by atomic mass is 16.5. The Bertz CT molecular complexity index is 291. The minimum atomic E-state index is 0.140. The Labute approximate surface area is 97.2 Å². The molecule has 0 heterocycles. The summed E-state index contributed by atoms with van der Waals surface area (Å²) in [7, 11) is 0. The molecule has 0 saturated heterocycles. The van der Waals surface area contributed by atoms with Gasteiger partial charge in [-0.1, -0.05) is 12.1 Å². The number of aliphatic hydroxyl groups is 1. The third kappa shape index (κ3) is 4.21. The van der Waals surface area contributed by atoms with Crippen LogP contribution in [0.25, 0.3) is 0 Å². The minimum Gasteiger partial charge on any atom is -0.491 e. The second-order valence-electron chi connectivity index (χ2n) is 4.30. The molecule has 1 atom stereocenters. The van der Waals surface area contributed by atoms with Crippen molar-refractivity contribution in [3.05, 3.63) is 29.8 Å². The van der Waals surface area contributed by atoms with Gasteiger partial charge in [0, 0.05) is 6.61 Å². The lowest BCUT2D eigenvalue weighted by Gasteiger charge is -2.13. The lowest BCUT2D eigenvalue weighted by Crippen LogP contribution is -2.20. The van der Waals surface area contributed by atoms with Crippen molar-refractivity contribution in [1.29, 1.82) is 0 Å². The van der Waals surface area contributed by atoms with Crippen LogP contribution in [0.3, 0.4) is 0 Å². The first-order valence-electron chi connectivity index (χ1n) is 5.72. The maximum Gasteiger partial charge on any atom is 0.119 e. The molecule has 0 amide bonds. The Hall–Kier alpha value is -1.06. The van der Waals surface area contributed by atoms with Crippen LogP contribution in [0.5, 0.6) is 5.75 Å². The van der Waals surface area contributed by atoms with E-state index in [2.05, 4.69) is 0 Å². The third-order valence-corrected chi connectivity index (χ3v) is 2.41. The molecule has 1 aromatic carbocycles. The van der Waals surface area contributed by atoms with Crippen LogP contribution < -0.4 is 10.5 Å². The topological polar surface area (TPSA) is 55.5 Å². The van der Waals surface area contributed by atoms with Crippen molar-refractivity contribution in [2.45, 2.75) is 26.4 Å². The van der Waals surface area contributed by atoms with Gasteiger partial charge in [-0.3, -0.25) is 0 Å². The first kappa shape index (κ1) is 13.0. The average Bonchev–Trinajstić information content (AvgIpc) is 2.27. The van der Waals surface area contributed by atoms with Gasteiger partial charge in [-0.2, -0.15) is 0 Å². The molecule has 3 N–H and O–H groups in total. The van der Waals surface area contributed by atoms with E-state index in [-0.39, 0.29) is 18.6 Å². The first-order chi connectivity index (χ1) is 7.65. The van der Waals surface area contributed by atoms with Crippen LogP contribution in [-0.4, -0.2) is 24.4 Å². The van der Waals surface area contributed by atoms with Crippen LogP contribution in [0.1, 0.15) is 19.4 Å². The van der Waals surface area contributed by atoms with E-state index in [0.29, 0.717) is 6.54 Å². The van der Waals surface area contributed by atoms with Gasteiger partial charge in [-0.05, 0) is 50.4 Å². The molecule has 0 saturated carbocycles. The first-order valence-corrected chi connectivity index (χ1v) is 5.72. The summed E-state index contributed by atoms with van der Waals surface area (Å²) in [5.41, 5.74) is 6.72. The summed E-state index contributed by atoms with van der Waals surface area (Å²) in [5, 5.41) is 9.06. The summed E-state index contributed by atoms with van der Waals surface area (Å²) < 4.78 is 5.55. The number of rotatable bonds is 6. The second-order valence-corrected chi connectivity index (χ2v) is 4.30. The zero-order valence-corrected chi connectivity index (χ0v) is 10.0. The normalized spacial score (nSPS) is 12.8. The van der Waals surface area contributed by atoms with Gasteiger partial charge in [0.25, 0.3) is 0 Å². The largest absolute Gasteiger partial charge is 0.491 e. The number of hydrogen-bond donors (Lipinski definition) is 2. The lowest BCUT2D eigenvalue weighted by atomic mass is 10.0. The van der Waals surface area contributed by atoms with E-state index in [4.69, 9.17) is 15.6 Å². The van der Waals surface area contributed by atoms with E-state index in [1.54, 1.807) is 0 Å². The van der Waals surface area contributed by atoms with E-state index < -0.39 is 0 Å². The number of benzene rings is 1. The van der Waals surface area contributed by atoms with Crippen molar-refractivity contribution in [3.8, 4) is 5.75 Å². The Balaban J connectivity index is 2.57. The highest BCUT2D eigenvalue weighted by Crippen LogP contribution is 2.15. The zero-order chi connectivity index (χ0) is 12.0. The van der Waals surface area contributed by atoms with Gasteiger partial charge in [-0.25, -0.2) is 0 Å². The van der Waals surface area contributed by atoms with Crippen molar-refractivity contribution in [2.24, 2.45) is 11.7 Å². The maximum atomic E-state index is 9.06. The summed E-state index contributed by atoms with van der Waals surface area (Å²) in [6.45, 7) is 4.66. The fourth-order valence-corrected chi connectivity index (χ4v) is 1.53. The van der Waals surface area contributed by atoms with Gasteiger partial charge in [0.15, 0.2) is 0 Å². The van der Waals surface area contributed by atoms with Crippen LogP contribution >= 0.6 is 0 Å². The fraction of sp³-hybridized carbons (Fsp3) is 0.538. The molecule has 3 heteroatoms. The van der Waals surface area contributed by atoms with Gasteiger partial charge >= 0.3 is 0 Å². The molecule has 1 rings (SSSR count). The molecule has 0 aliphatic rings. The molecule has 0 aliphatic heterocycles. The Kier molecular flexibility index (Phi) is 5.29. The second kappa shape index (κ2) is 6.51. The third-order valence-electron chi connectivity index (χ3n) is 2.41. The van der Waals surface area contributed by atoms with E-state index in [0.717, 1.165) is 12.2 Å². The van der Waals surface area contributed by atoms with Crippen LogP contribution in [-0.2, 0) is 6.42 Å². The van der Waals surface area contributed by atoms with Crippen molar-refractivity contribution >= 4 is 0 Å². The number of aliphatic hydroxyl groups excluding tert-OH is 1. The molecule has 90 valence electrons. The summed E-state index contributed by atoms with van der Waals surface area (Å²) in [6.07, 6.45) is 1.01. The molecular formula is C13H21NO2. The van der Waals surface area contributed by atoms with Crippen molar-refractivity contribution in [3.63, 3.8) is 0 Å². The summed E-state index contributed by atoms with van der Waals surface area (Å²) in [5.74, 6) is 1.03. The van der Waals surface area contributed by atoms with Gasteiger partial charge in [0.1, 0.15) is 5.75 Å². The number of ether oxygens (including phenoxy) is 1. The molecule has 3 nitrogen and oxygen atoms in total. The monoisotopic (exact) mass is 223 g/mol. The summed E-state index contributed by atoms with van der Waals surface area (Å²) in [6, 6.07) is 7.96. The van der Waals surface area contributed by atoms with Crippen molar-refractivity contribution in [1.82, 2.24) is 0 Å². The Morgan fingerprint density at radius 1 is 1.25 bits per heavy atom. The highest BCUT2D eigenvalue weighted by Gasteiger charge is 2.06. The Morgan fingerprint density at radius 2 is 1.88 bits per heavy atom. The minimum absolute atomic E-state index is 0.140. The molecule has 0 aromatic heterocycles. The van der Waals surface area contributed by atoms with Crippen LogP contribution in [0.2, 0.25) is 0 Å². The molecule has 0 radical (unpaired) electrons. The van der Waals surface area contributed by atoms with Crippen LogP contribution in [0.15, 0.2) is 24.3 Å². The summed E-state index contributed by atoms with van der Waals surface area (Å²) >= 11 is 0. The van der Waals surface area contributed by atoms with Gasteiger partial charge in [-0.15, -0.1) is 0 Å². The molecule has 0 aliphatic carbocycles. The lowest BCUT2D eigenvalue weighted by molar-refractivity contribution is 0.229. The van der Waals surface area contributed by atoms with Gasteiger partial charge in [0.2, 0.25) is 0 Å². The van der Waals surface area contributed by atoms with Crippen molar-refractivity contribution < 1.29 is 9.84 Å². The summed E-state index contributed by atoms with van der Waals surface area (Å²) in [4.78, 5) is 0. The molecule has 1 aromatic rings. The van der Waals surface area contributed by atoms with E-state index in [1.165, 1.54) is 5.56 Å². The van der Waals surface area contributed by atoms with Gasteiger partial charge < -0.3 is 15.6 Å². The smallest absolute Gasteiger partial charge is 0.119 e. The van der Waals surface area contributed by atoms with Crippen molar-refractivity contribution in [2.75, 3.05) is 13.2 Å². The predicted octanol–water partition coefficient (Wildman–Crippen LogP) is 1.58. The predicted molar refractivity (Wildman–Crippen MR) is 65.5 cm³/mol. The molecule has 0 fully saturated rings. The molecule has 1 unspecified atom stereocenters. The molecule has 0 bridgehead atoms. The van der Waals surface area contributed by atoms with Crippen LogP contribution in [0.4, 0.5) is 0 Å².